The Morgan fingerprint density at radius 1 is 1.17 bits per heavy atom. The molecule has 0 radical (unpaired) electrons. The lowest BCUT2D eigenvalue weighted by atomic mass is 10.2. The Hall–Kier alpha value is -2.52. The summed E-state index contributed by atoms with van der Waals surface area (Å²) < 4.78 is 27.6. The minimum atomic E-state index is -3.72. The third-order valence-electron chi connectivity index (χ3n) is 4.34. The van der Waals surface area contributed by atoms with Gasteiger partial charge in [0.2, 0.25) is 10.0 Å². The molecule has 6 nitrogen and oxygen atoms in total. The van der Waals surface area contributed by atoms with E-state index in [0.717, 1.165) is 15.8 Å². The maximum Gasteiger partial charge on any atom is 0.257 e. The molecular formula is C21H20ClN3O3S2. The SMILES string of the molecule is C=CCN(CC=C)S(=O)(=O)c1ccc(C(=O)Nc2nc3c(C)ccc(Cl)c3s2)cc1. The van der Waals surface area contributed by atoms with Crippen molar-refractivity contribution in [2.45, 2.75) is 11.8 Å². The number of nitrogens with one attached hydrogen (secondary N) is 1. The van der Waals surface area contributed by atoms with Gasteiger partial charge in [-0.25, -0.2) is 13.4 Å². The van der Waals surface area contributed by atoms with Crippen molar-refractivity contribution < 1.29 is 13.2 Å². The number of halogens is 1. The van der Waals surface area contributed by atoms with E-state index in [2.05, 4.69) is 23.5 Å². The number of carbonyl (C=O) groups is 1. The van der Waals surface area contributed by atoms with Crippen LogP contribution in [0.25, 0.3) is 10.2 Å². The molecule has 1 N–H and O–H groups in total. The summed E-state index contributed by atoms with van der Waals surface area (Å²) in [5.41, 5.74) is 2.02. The van der Waals surface area contributed by atoms with Gasteiger partial charge in [-0.3, -0.25) is 10.1 Å². The molecule has 9 heteroatoms. The smallest absolute Gasteiger partial charge is 0.257 e. The van der Waals surface area contributed by atoms with Gasteiger partial charge >= 0.3 is 0 Å². The fourth-order valence-electron chi connectivity index (χ4n) is 2.81. The Morgan fingerprint density at radius 3 is 2.37 bits per heavy atom. The standard InChI is InChI=1S/C21H20ClN3O3S2/c1-4-12-25(13-5-2)30(27,28)16-9-7-15(8-10-16)20(26)24-21-23-18-14(3)6-11-17(22)19(18)29-21/h4-11H,1-2,12-13H2,3H3,(H,23,24,26). The van der Waals surface area contributed by atoms with Gasteiger partial charge in [-0.15, -0.1) is 13.2 Å². The second-order valence-electron chi connectivity index (χ2n) is 6.44. The lowest BCUT2D eigenvalue weighted by molar-refractivity contribution is 0.102. The van der Waals surface area contributed by atoms with Crippen molar-refractivity contribution in [3.63, 3.8) is 0 Å². The van der Waals surface area contributed by atoms with E-state index in [1.165, 1.54) is 52.1 Å². The zero-order chi connectivity index (χ0) is 21.9. The number of aromatic nitrogens is 1. The maximum absolute atomic E-state index is 12.8. The van der Waals surface area contributed by atoms with E-state index in [0.29, 0.717) is 15.7 Å². The number of hydrogen-bond donors (Lipinski definition) is 1. The van der Waals surface area contributed by atoms with Crippen LogP contribution in [0.2, 0.25) is 5.02 Å². The van der Waals surface area contributed by atoms with Crippen LogP contribution in [0.15, 0.2) is 66.6 Å². The van der Waals surface area contributed by atoms with Crippen molar-refractivity contribution in [2.75, 3.05) is 18.4 Å². The molecular weight excluding hydrogens is 442 g/mol. The second-order valence-corrected chi connectivity index (χ2v) is 9.78. The Labute approximate surface area is 184 Å². The Balaban J connectivity index is 1.81. The number of fused-ring (bicyclic) bond motifs is 1. The van der Waals surface area contributed by atoms with Gasteiger partial charge in [0.05, 0.1) is 20.1 Å². The molecule has 156 valence electrons. The molecule has 0 aliphatic carbocycles. The summed E-state index contributed by atoms with van der Waals surface area (Å²) in [4.78, 5) is 17.1. The molecule has 0 aliphatic heterocycles. The van der Waals surface area contributed by atoms with Crippen LogP contribution in [-0.2, 0) is 10.0 Å². The average molecular weight is 462 g/mol. The van der Waals surface area contributed by atoms with E-state index in [1.807, 2.05) is 13.0 Å². The monoisotopic (exact) mass is 461 g/mol. The molecule has 0 saturated heterocycles. The first-order valence-corrected chi connectivity index (χ1v) is 11.6. The van der Waals surface area contributed by atoms with E-state index >= 15 is 0 Å². The fourth-order valence-corrected chi connectivity index (χ4v) is 5.40. The van der Waals surface area contributed by atoms with E-state index in [9.17, 15) is 13.2 Å². The van der Waals surface area contributed by atoms with Crippen molar-refractivity contribution in [1.82, 2.24) is 9.29 Å². The van der Waals surface area contributed by atoms with E-state index in [-0.39, 0.29) is 23.9 Å². The first-order valence-electron chi connectivity index (χ1n) is 8.97. The van der Waals surface area contributed by atoms with E-state index < -0.39 is 10.0 Å². The number of carbonyl (C=O) groups excluding carboxylic acids is 1. The largest absolute Gasteiger partial charge is 0.298 e. The molecule has 0 aliphatic rings. The Morgan fingerprint density at radius 2 is 1.80 bits per heavy atom. The number of anilines is 1. The van der Waals surface area contributed by atoms with Gasteiger partial charge in [0.15, 0.2) is 5.13 Å². The number of amides is 1. The van der Waals surface area contributed by atoms with Crippen LogP contribution < -0.4 is 5.32 Å². The van der Waals surface area contributed by atoms with E-state index in [4.69, 9.17) is 11.6 Å². The topological polar surface area (TPSA) is 79.4 Å². The molecule has 1 heterocycles. The number of benzene rings is 2. The minimum Gasteiger partial charge on any atom is -0.298 e. The molecule has 0 saturated carbocycles. The summed E-state index contributed by atoms with van der Waals surface area (Å²) >= 11 is 7.50. The third kappa shape index (κ3) is 4.46. The Bertz CT molecular complexity index is 1170. The predicted octanol–water partition coefficient (Wildman–Crippen LogP) is 4.87. The number of nitrogens with zero attached hydrogens (tertiary/aromatic N) is 2. The third-order valence-corrected chi connectivity index (χ3v) is 7.61. The quantitative estimate of drug-likeness (QED) is 0.485. The van der Waals surface area contributed by atoms with Crippen LogP contribution >= 0.6 is 22.9 Å². The zero-order valence-electron chi connectivity index (χ0n) is 16.3. The summed E-state index contributed by atoms with van der Waals surface area (Å²) in [6.45, 7) is 9.42. The van der Waals surface area contributed by atoms with Gasteiger partial charge in [-0.1, -0.05) is 41.2 Å². The molecule has 0 spiro atoms. The van der Waals surface area contributed by atoms with E-state index in [1.54, 1.807) is 6.07 Å². The van der Waals surface area contributed by atoms with Gasteiger partial charge in [0, 0.05) is 18.7 Å². The molecule has 1 aromatic heterocycles. The summed E-state index contributed by atoms with van der Waals surface area (Å²) in [6.07, 6.45) is 3.02. The molecule has 2 aromatic carbocycles. The number of hydrogen-bond acceptors (Lipinski definition) is 5. The van der Waals surface area contributed by atoms with Gasteiger partial charge < -0.3 is 0 Å². The highest BCUT2D eigenvalue weighted by molar-refractivity contribution is 7.89. The predicted molar refractivity (Wildman–Crippen MR) is 123 cm³/mol. The molecule has 3 aromatic rings. The molecule has 1 amide bonds. The van der Waals surface area contributed by atoms with Gasteiger partial charge in [-0.2, -0.15) is 4.31 Å². The van der Waals surface area contributed by atoms with Crippen molar-refractivity contribution >= 4 is 54.2 Å². The minimum absolute atomic E-state index is 0.0881. The number of sulfonamides is 1. The van der Waals surface area contributed by atoms with Crippen molar-refractivity contribution in [1.29, 1.82) is 0 Å². The first kappa shape index (κ1) is 22.2. The molecule has 0 unspecified atom stereocenters. The highest BCUT2D eigenvalue weighted by Crippen LogP contribution is 2.34. The van der Waals surface area contributed by atoms with Crippen LogP contribution in [0, 0.1) is 6.92 Å². The van der Waals surface area contributed by atoms with Crippen LogP contribution in [0.5, 0.6) is 0 Å². The van der Waals surface area contributed by atoms with Gasteiger partial charge in [-0.05, 0) is 42.8 Å². The number of aryl methyl sites for hydroxylation is 1. The summed E-state index contributed by atoms with van der Waals surface area (Å²) in [6, 6.07) is 9.41. The van der Waals surface area contributed by atoms with Gasteiger partial charge in [0.1, 0.15) is 0 Å². The van der Waals surface area contributed by atoms with Crippen molar-refractivity contribution in [2.24, 2.45) is 0 Å². The first-order chi connectivity index (χ1) is 14.3. The maximum atomic E-state index is 12.8. The van der Waals surface area contributed by atoms with Crippen LogP contribution in [0.4, 0.5) is 5.13 Å². The molecule has 0 fully saturated rings. The summed E-state index contributed by atoms with van der Waals surface area (Å²) in [5, 5.41) is 3.75. The molecule has 3 rings (SSSR count). The van der Waals surface area contributed by atoms with Crippen molar-refractivity contribution in [3.05, 3.63) is 77.9 Å². The second kappa shape index (κ2) is 9.09. The van der Waals surface area contributed by atoms with Crippen LogP contribution in [0.1, 0.15) is 15.9 Å². The lowest BCUT2D eigenvalue weighted by Crippen LogP contribution is -2.31. The lowest BCUT2D eigenvalue weighted by Gasteiger charge is -2.19. The highest BCUT2D eigenvalue weighted by atomic mass is 35.5. The number of thiazole rings is 1. The summed E-state index contributed by atoms with van der Waals surface area (Å²) in [5.74, 6) is -0.388. The Kier molecular flexibility index (Phi) is 6.72. The normalized spacial score (nSPS) is 11.6. The average Bonchev–Trinajstić information content (AvgIpc) is 3.16. The highest BCUT2D eigenvalue weighted by Gasteiger charge is 2.23. The van der Waals surface area contributed by atoms with Crippen LogP contribution in [0.3, 0.4) is 0 Å². The molecule has 30 heavy (non-hydrogen) atoms. The zero-order valence-corrected chi connectivity index (χ0v) is 18.6. The fraction of sp³-hybridized carbons (Fsp3) is 0.143. The van der Waals surface area contributed by atoms with Crippen molar-refractivity contribution in [3.8, 4) is 0 Å². The summed E-state index contributed by atoms with van der Waals surface area (Å²) in [7, 11) is -3.72. The molecule has 0 atom stereocenters. The number of rotatable bonds is 8. The molecule has 0 bridgehead atoms. The van der Waals surface area contributed by atoms with Crippen LogP contribution in [-0.4, -0.2) is 36.7 Å². The van der Waals surface area contributed by atoms with Gasteiger partial charge in [0.25, 0.3) is 5.91 Å².